The van der Waals surface area contributed by atoms with E-state index in [2.05, 4.69) is 0 Å². The van der Waals surface area contributed by atoms with Crippen molar-refractivity contribution in [3.05, 3.63) is 87.7 Å². The maximum Gasteiger partial charge on any atom is 0.339 e. The average Bonchev–Trinajstić information content (AvgIpc) is 2.88. The highest BCUT2D eigenvalue weighted by molar-refractivity contribution is 7.89. The predicted molar refractivity (Wildman–Crippen MR) is 149 cm³/mol. The number of fused-ring (bicyclic) bond motifs is 1. The van der Waals surface area contributed by atoms with Crippen molar-refractivity contribution in [3.8, 4) is 11.1 Å². The zero-order valence-corrected chi connectivity index (χ0v) is 24.4. The molecule has 0 saturated heterocycles. The van der Waals surface area contributed by atoms with Crippen LogP contribution in [0.25, 0.3) is 11.1 Å². The number of hydrogen-bond acceptors (Lipinski definition) is 5. The van der Waals surface area contributed by atoms with Crippen molar-refractivity contribution in [3.63, 3.8) is 0 Å². The Morgan fingerprint density at radius 2 is 1.67 bits per heavy atom. The first-order valence-corrected chi connectivity index (χ1v) is 14.4. The van der Waals surface area contributed by atoms with E-state index in [1.807, 2.05) is 65.8 Å². The third-order valence-corrected chi connectivity index (χ3v) is 9.03. The third kappa shape index (κ3) is 5.78. The van der Waals surface area contributed by atoms with Gasteiger partial charge in [-0.3, -0.25) is 0 Å². The number of carbonyl (C=O) groups is 1. The number of halogens is 1. The molecule has 0 amide bonds. The van der Waals surface area contributed by atoms with Gasteiger partial charge in [0.1, 0.15) is 5.82 Å². The molecule has 3 aromatic carbocycles. The number of benzene rings is 3. The molecule has 39 heavy (non-hydrogen) atoms. The van der Waals surface area contributed by atoms with Crippen molar-refractivity contribution < 1.29 is 27.1 Å². The lowest BCUT2D eigenvalue weighted by molar-refractivity contribution is -0.164. The lowest BCUT2D eigenvalue weighted by Gasteiger charge is -2.35. The van der Waals surface area contributed by atoms with Gasteiger partial charge in [0.15, 0.2) is 6.10 Å². The summed E-state index contributed by atoms with van der Waals surface area (Å²) in [4.78, 5) is 13.1. The second-order valence-corrected chi connectivity index (χ2v) is 13.0. The Bertz CT molecular complexity index is 1510. The number of carbonyl (C=O) groups excluding carboxylic acids is 1. The number of nitrogens with zero attached hydrogens (tertiary/aromatic N) is 1. The Hall–Kier alpha value is -3.07. The molecule has 0 fully saturated rings. The molecular formula is C31H36FNO5S. The SMILES string of the molecule is COC(=O)[C@@H](OC(C)(C)C)c1c(C)c2c(c(C)c1-c1ccc(C)cc1)CN(S(=O)(=O)c1cccc(F)c1)CC2. The molecule has 4 rings (SSSR count). The molecule has 0 aliphatic carbocycles. The van der Waals surface area contributed by atoms with Crippen molar-refractivity contribution in [2.75, 3.05) is 13.7 Å². The van der Waals surface area contributed by atoms with Crippen LogP contribution in [-0.2, 0) is 37.3 Å². The molecule has 0 bridgehead atoms. The Morgan fingerprint density at radius 1 is 1.00 bits per heavy atom. The molecule has 8 heteroatoms. The summed E-state index contributed by atoms with van der Waals surface area (Å²) in [5.74, 6) is -1.09. The standard InChI is InChI=1S/C31H36FNO5S/c1-19-11-13-22(14-12-19)27-21(3)26-18-33(39(35,36)24-10-8-9-23(32)17-24)16-15-25(26)20(2)28(27)29(30(34)37-7)38-31(4,5)6/h8-14,17,29H,15-16,18H2,1-7H3/t29-/m0/s1. The van der Waals surface area contributed by atoms with Crippen molar-refractivity contribution >= 4 is 16.0 Å². The van der Waals surface area contributed by atoms with Gasteiger partial charge in [0.2, 0.25) is 10.0 Å². The second-order valence-electron chi connectivity index (χ2n) is 11.0. The molecule has 0 aromatic heterocycles. The highest BCUT2D eigenvalue weighted by Gasteiger charge is 2.37. The molecular weight excluding hydrogens is 517 g/mol. The maximum atomic E-state index is 13.9. The van der Waals surface area contributed by atoms with Crippen LogP contribution in [0.4, 0.5) is 4.39 Å². The van der Waals surface area contributed by atoms with Gasteiger partial charge in [-0.2, -0.15) is 4.31 Å². The third-order valence-electron chi connectivity index (χ3n) is 7.19. The number of ether oxygens (including phenoxy) is 2. The number of methoxy groups -OCH3 is 1. The van der Waals surface area contributed by atoms with Crippen LogP contribution in [0.15, 0.2) is 53.4 Å². The first-order chi connectivity index (χ1) is 18.2. The van der Waals surface area contributed by atoms with E-state index in [0.29, 0.717) is 6.42 Å². The van der Waals surface area contributed by atoms with E-state index in [1.54, 1.807) is 0 Å². The van der Waals surface area contributed by atoms with Crippen LogP contribution in [-0.4, -0.2) is 37.9 Å². The molecule has 0 unspecified atom stereocenters. The van der Waals surface area contributed by atoms with Crippen molar-refractivity contribution in [1.29, 1.82) is 0 Å². The van der Waals surface area contributed by atoms with Crippen molar-refractivity contribution in [1.82, 2.24) is 4.31 Å². The molecule has 0 saturated carbocycles. The van der Waals surface area contributed by atoms with Gasteiger partial charge in [-0.15, -0.1) is 0 Å². The van der Waals surface area contributed by atoms with E-state index in [-0.39, 0.29) is 18.0 Å². The molecule has 1 heterocycles. The van der Waals surface area contributed by atoms with E-state index in [1.165, 1.54) is 29.6 Å². The van der Waals surface area contributed by atoms with Crippen LogP contribution in [0.2, 0.25) is 0 Å². The maximum absolute atomic E-state index is 13.9. The first kappa shape index (κ1) is 28.9. The second kappa shape index (κ2) is 10.8. The fourth-order valence-corrected chi connectivity index (χ4v) is 6.73. The first-order valence-electron chi connectivity index (χ1n) is 13.0. The Labute approximate surface area is 230 Å². The van der Waals surface area contributed by atoms with Crippen LogP contribution in [0.3, 0.4) is 0 Å². The van der Waals surface area contributed by atoms with E-state index in [4.69, 9.17) is 9.47 Å². The van der Waals surface area contributed by atoms with Crippen LogP contribution in [0.5, 0.6) is 0 Å². The van der Waals surface area contributed by atoms with Gasteiger partial charge in [0.05, 0.1) is 17.6 Å². The van der Waals surface area contributed by atoms with Crippen LogP contribution in [0.1, 0.15) is 60.3 Å². The number of sulfonamides is 1. The highest BCUT2D eigenvalue weighted by atomic mass is 32.2. The fourth-order valence-electron chi connectivity index (χ4n) is 5.29. The fraction of sp³-hybridized carbons (Fsp3) is 0.387. The smallest absolute Gasteiger partial charge is 0.339 e. The van der Waals surface area contributed by atoms with Gasteiger partial charge < -0.3 is 9.47 Å². The highest BCUT2D eigenvalue weighted by Crippen LogP contribution is 2.43. The summed E-state index contributed by atoms with van der Waals surface area (Å²) in [5, 5.41) is 0. The number of esters is 1. The zero-order chi connectivity index (χ0) is 28.7. The topological polar surface area (TPSA) is 72.9 Å². The minimum Gasteiger partial charge on any atom is -0.467 e. The van der Waals surface area contributed by atoms with E-state index in [0.717, 1.165) is 50.6 Å². The monoisotopic (exact) mass is 553 g/mol. The van der Waals surface area contributed by atoms with Gasteiger partial charge in [-0.25, -0.2) is 17.6 Å². The van der Waals surface area contributed by atoms with E-state index < -0.39 is 33.5 Å². The molecule has 0 radical (unpaired) electrons. The quantitative estimate of drug-likeness (QED) is 0.340. The summed E-state index contributed by atoms with van der Waals surface area (Å²) < 4.78 is 53.8. The van der Waals surface area contributed by atoms with Gasteiger partial charge in [-0.1, -0.05) is 35.9 Å². The molecule has 6 nitrogen and oxygen atoms in total. The lowest BCUT2D eigenvalue weighted by atomic mass is 9.80. The minimum atomic E-state index is -3.91. The predicted octanol–water partition coefficient (Wildman–Crippen LogP) is 6.19. The molecule has 0 spiro atoms. The number of rotatable bonds is 6. The van der Waals surface area contributed by atoms with Crippen molar-refractivity contribution in [2.24, 2.45) is 0 Å². The molecule has 3 aromatic rings. The number of hydrogen-bond donors (Lipinski definition) is 0. The average molecular weight is 554 g/mol. The van der Waals surface area contributed by atoms with Crippen LogP contribution in [0, 0.1) is 26.6 Å². The molecule has 1 aliphatic rings. The largest absolute Gasteiger partial charge is 0.467 e. The van der Waals surface area contributed by atoms with Crippen molar-refractivity contribution in [2.45, 2.75) is 71.1 Å². The summed E-state index contributed by atoms with van der Waals surface area (Å²) in [6, 6.07) is 13.1. The van der Waals surface area contributed by atoms with E-state index >= 15 is 0 Å². The lowest BCUT2D eigenvalue weighted by Crippen LogP contribution is -2.37. The van der Waals surface area contributed by atoms with E-state index in [9.17, 15) is 17.6 Å². The summed E-state index contributed by atoms with van der Waals surface area (Å²) in [6.45, 7) is 12.0. The molecule has 1 atom stereocenters. The van der Waals surface area contributed by atoms with Gasteiger partial charge in [0.25, 0.3) is 0 Å². The Morgan fingerprint density at radius 3 is 2.26 bits per heavy atom. The minimum absolute atomic E-state index is 0.0694. The Kier molecular flexibility index (Phi) is 8.03. The molecule has 1 aliphatic heterocycles. The zero-order valence-electron chi connectivity index (χ0n) is 23.6. The molecule has 0 N–H and O–H groups in total. The summed E-state index contributed by atoms with van der Waals surface area (Å²) in [6.07, 6.45) is -0.523. The number of aryl methyl sites for hydroxylation is 1. The summed E-state index contributed by atoms with van der Waals surface area (Å²) >= 11 is 0. The van der Waals surface area contributed by atoms with Gasteiger partial charge >= 0.3 is 5.97 Å². The van der Waals surface area contributed by atoms with Crippen LogP contribution >= 0.6 is 0 Å². The summed E-state index contributed by atoms with van der Waals surface area (Å²) in [5.41, 5.74) is 6.57. The molecule has 208 valence electrons. The summed E-state index contributed by atoms with van der Waals surface area (Å²) in [7, 11) is -2.56. The van der Waals surface area contributed by atoms with Gasteiger partial charge in [-0.05, 0) is 99.5 Å². The normalized spacial score (nSPS) is 15.1. The van der Waals surface area contributed by atoms with Crippen LogP contribution < -0.4 is 0 Å². The Balaban J connectivity index is 1.94. The van der Waals surface area contributed by atoms with Gasteiger partial charge in [0, 0.05) is 18.7 Å².